The van der Waals surface area contributed by atoms with Crippen molar-refractivity contribution in [3.8, 4) is 16.8 Å². The number of anilines is 6. The van der Waals surface area contributed by atoms with Gasteiger partial charge in [0.1, 0.15) is 0 Å². The van der Waals surface area contributed by atoms with E-state index < -0.39 is 0 Å². The van der Waals surface area contributed by atoms with E-state index in [1.54, 1.807) is 0 Å². The third kappa shape index (κ3) is 6.86. The van der Waals surface area contributed by atoms with Crippen LogP contribution in [0.3, 0.4) is 0 Å². The summed E-state index contributed by atoms with van der Waals surface area (Å²) >= 11 is 0. The van der Waals surface area contributed by atoms with Crippen LogP contribution >= 0.6 is 0 Å². The van der Waals surface area contributed by atoms with E-state index in [-0.39, 0.29) is 5.92 Å². The van der Waals surface area contributed by atoms with Crippen molar-refractivity contribution in [3.05, 3.63) is 247 Å². The second-order valence-electron chi connectivity index (χ2n) is 15.8. The molecule has 61 heavy (non-hydrogen) atoms. The van der Waals surface area contributed by atoms with E-state index in [0.717, 1.165) is 40.5 Å². The van der Waals surface area contributed by atoms with E-state index in [2.05, 4.69) is 257 Å². The molecule has 1 atom stereocenters. The molecule has 11 rings (SSSR count). The number of fused-ring (bicyclic) bond motifs is 4. The Hall–Kier alpha value is -7.88. The van der Waals surface area contributed by atoms with Crippen molar-refractivity contribution in [1.29, 1.82) is 0 Å². The highest BCUT2D eigenvalue weighted by Crippen LogP contribution is 2.38. The predicted octanol–water partition coefficient (Wildman–Crippen LogP) is 14.1. The topological polar surface area (TPSA) is 11.4 Å². The summed E-state index contributed by atoms with van der Waals surface area (Å²) in [5.41, 5.74) is 12.9. The van der Waals surface area contributed by atoms with Crippen molar-refractivity contribution in [2.24, 2.45) is 0 Å². The Labute approximate surface area is 356 Å². The maximum Gasteiger partial charge on any atom is 0.0541 e. The molecule has 9 aromatic carbocycles. The zero-order valence-corrected chi connectivity index (χ0v) is 33.7. The fourth-order valence-electron chi connectivity index (χ4n) is 9.10. The standard InChI is InChI=1S/C58H43N3/c1-5-17-48(18-6-1)59(49-19-7-2-8-20-49)52-32-25-43(26-33-52)46-30-37-57-55(40-46)56-41-47(31-38-58(56)61(57)54-36-29-42-15-13-14-16-45(42)39-54)44-27-34-53(35-28-44)60(50-21-9-3-10-22-50)51-23-11-4-12-24-51/h1-30,32-41,47H,31H2. The molecule has 10 aromatic rings. The summed E-state index contributed by atoms with van der Waals surface area (Å²) in [4.78, 5) is 4.63. The lowest BCUT2D eigenvalue weighted by Crippen LogP contribution is -2.31. The molecule has 1 aliphatic carbocycles. The van der Waals surface area contributed by atoms with Crippen LogP contribution in [0.15, 0.2) is 231 Å². The van der Waals surface area contributed by atoms with Gasteiger partial charge in [-0.2, -0.15) is 0 Å². The Balaban J connectivity index is 1.00. The maximum atomic E-state index is 2.51. The molecule has 0 radical (unpaired) electrons. The first-order chi connectivity index (χ1) is 30.2. The Bertz CT molecular complexity index is 3170. The molecule has 1 heterocycles. The van der Waals surface area contributed by atoms with E-state index in [1.807, 2.05) is 0 Å². The van der Waals surface area contributed by atoms with Gasteiger partial charge in [0, 0.05) is 61.7 Å². The summed E-state index contributed by atoms with van der Waals surface area (Å²) in [5.74, 6) is 0.240. The molecule has 1 aromatic heterocycles. The number of benzene rings is 9. The van der Waals surface area contributed by atoms with Gasteiger partial charge in [-0.3, -0.25) is 0 Å². The first kappa shape index (κ1) is 36.2. The summed E-state index contributed by atoms with van der Waals surface area (Å²) in [5, 5.41) is 6.29. The second-order valence-corrected chi connectivity index (χ2v) is 15.8. The van der Waals surface area contributed by atoms with E-state index in [9.17, 15) is 0 Å². The van der Waals surface area contributed by atoms with Crippen LogP contribution < -0.4 is 20.4 Å². The van der Waals surface area contributed by atoms with Crippen molar-refractivity contribution in [2.45, 2.75) is 12.3 Å². The van der Waals surface area contributed by atoms with Gasteiger partial charge in [-0.1, -0.05) is 146 Å². The zero-order valence-electron chi connectivity index (χ0n) is 33.7. The average Bonchev–Trinajstić information content (AvgIpc) is 3.66. The molecular weight excluding hydrogens is 739 g/mol. The van der Waals surface area contributed by atoms with Crippen molar-refractivity contribution in [1.82, 2.24) is 4.57 Å². The summed E-state index contributed by atoms with van der Waals surface area (Å²) in [7, 11) is 0. The summed E-state index contributed by atoms with van der Waals surface area (Å²) in [6.07, 6.45) is 5.89. The van der Waals surface area contributed by atoms with Gasteiger partial charge in [0.25, 0.3) is 0 Å². The van der Waals surface area contributed by atoms with Gasteiger partial charge in [0.05, 0.1) is 5.52 Å². The molecule has 3 nitrogen and oxygen atoms in total. The third-order valence-corrected chi connectivity index (χ3v) is 12.1. The van der Waals surface area contributed by atoms with Crippen LogP contribution in [0.1, 0.15) is 17.9 Å². The molecule has 0 fully saturated rings. The molecule has 290 valence electrons. The lowest BCUT2D eigenvalue weighted by Gasteiger charge is -2.26. The average molecular weight is 782 g/mol. The molecule has 0 saturated carbocycles. The molecule has 1 unspecified atom stereocenters. The van der Waals surface area contributed by atoms with Crippen LogP contribution in [0.4, 0.5) is 34.1 Å². The number of para-hydroxylation sites is 4. The Morgan fingerprint density at radius 2 is 0.869 bits per heavy atom. The van der Waals surface area contributed by atoms with E-state index in [0.29, 0.717) is 0 Å². The van der Waals surface area contributed by atoms with Crippen LogP contribution in [0.25, 0.3) is 50.6 Å². The highest BCUT2D eigenvalue weighted by Gasteiger charge is 2.20. The minimum Gasteiger partial charge on any atom is -0.311 e. The largest absolute Gasteiger partial charge is 0.311 e. The number of aromatic nitrogens is 1. The lowest BCUT2D eigenvalue weighted by atomic mass is 9.91. The number of hydrogen-bond donors (Lipinski definition) is 0. The van der Waals surface area contributed by atoms with Gasteiger partial charge >= 0.3 is 0 Å². The predicted molar refractivity (Wildman–Crippen MR) is 258 cm³/mol. The molecule has 1 aliphatic rings. The highest BCUT2D eigenvalue weighted by molar-refractivity contribution is 5.91. The summed E-state index contributed by atoms with van der Waals surface area (Å²) < 4.78 is 2.47. The Morgan fingerprint density at radius 3 is 1.43 bits per heavy atom. The normalized spacial score (nSPS) is 13.3. The van der Waals surface area contributed by atoms with Crippen LogP contribution in [0, 0.1) is 0 Å². The van der Waals surface area contributed by atoms with Crippen molar-refractivity contribution >= 4 is 68.0 Å². The molecule has 0 saturated heterocycles. The lowest BCUT2D eigenvalue weighted by molar-refractivity contribution is 0.907. The molecule has 0 bridgehead atoms. The van der Waals surface area contributed by atoms with Crippen molar-refractivity contribution in [3.63, 3.8) is 0 Å². The Kier molecular flexibility index (Phi) is 9.33. The van der Waals surface area contributed by atoms with Crippen LogP contribution in [-0.2, 0) is 0 Å². The van der Waals surface area contributed by atoms with Crippen LogP contribution in [0.5, 0.6) is 0 Å². The highest BCUT2D eigenvalue weighted by atomic mass is 15.1. The zero-order chi connectivity index (χ0) is 40.5. The maximum absolute atomic E-state index is 2.51. The summed E-state index contributed by atoms with van der Waals surface area (Å²) in [6.45, 7) is 0. The fourth-order valence-corrected chi connectivity index (χ4v) is 9.10. The molecule has 0 amide bonds. The van der Waals surface area contributed by atoms with E-state index in [4.69, 9.17) is 0 Å². The quantitative estimate of drug-likeness (QED) is 0.144. The van der Waals surface area contributed by atoms with Crippen LogP contribution in [-0.4, -0.2) is 4.57 Å². The third-order valence-electron chi connectivity index (χ3n) is 12.1. The van der Waals surface area contributed by atoms with Crippen molar-refractivity contribution < 1.29 is 0 Å². The minimum absolute atomic E-state index is 0.240. The second kappa shape index (κ2) is 15.7. The van der Waals surface area contributed by atoms with E-state index in [1.165, 1.54) is 54.6 Å². The number of nitrogens with zero attached hydrogens (tertiary/aromatic N) is 3. The van der Waals surface area contributed by atoms with Gasteiger partial charge in [0.2, 0.25) is 0 Å². The van der Waals surface area contributed by atoms with E-state index >= 15 is 0 Å². The van der Waals surface area contributed by atoms with Gasteiger partial charge in [-0.25, -0.2) is 0 Å². The molecule has 0 aliphatic heterocycles. The first-order valence-corrected chi connectivity index (χ1v) is 21.1. The smallest absolute Gasteiger partial charge is 0.0541 e. The molecule has 0 spiro atoms. The van der Waals surface area contributed by atoms with Gasteiger partial charge in [0.15, 0.2) is 0 Å². The molecular formula is C58H43N3. The number of rotatable bonds is 9. The number of hydrogen-bond acceptors (Lipinski definition) is 2. The summed E-state index contributed by atoms with van der Waals surface area (Å²) in [6, 6.07) is 83.1. The fraction of sp³-hybridized carbons (Fsp3) is 0.0345. The molecule has 3 heteroatoms. The monoisotopic (exact) mass is 781 g/mol. The SMILES string of the molecule is C1=c2c(n(-c3ccc4ccccc4c3)c3ccc(-c4ccc(N(c5ccccc5)c5ccccc5)cc4)cc23)=CCC1c1ccc(N(c2ccccc2)c2ccccc2)cc1. The van der Waals surface area contributed by atoms with Gasteiger partial charge in [-0.15, -0.1) is 0 Å². The van der Waals surface area contributed by atoms with Gasteiger partial charge < -0.3 is 14.4 Å². The van der Waals surface area contributed by atoms with Gasteiger partial charge in [-0.05, 0) is 131 Å². The minimum atomic E-state index is 0.240. The molecule has 0 N–H and O–H groups in total. The van der Waals surface area contributed by atoms with Crippen molar-refractivity contribution in [2.75, 3.05) is 9.80 Å². The van der Waals surface area contributed by atoms with Crippen LogP contribution in [0.2, 0.25) is 0 Å². The Morgan fingerprint density at radius 1 is 0.393 bits per heavy atom. The first-order valence-electron chi connectivity index (χ1n) is 21.1.